The number of pyridine rings is 1. The van der Waals surface area contributed by atoms with Crippen molar-refractivity contribution in [2.45, 2.75) is 12.0 Å². The second kappa shape index (κ2) is 10.6. The Hall–Kier alpha value is -4.27. The number of nitrogens with zero attached hydrogens (tertiary/aromatic N) is 4. The zero-order valence-corrected chi connectivity index (χ0v) is 22.1. The minimum absolute atomic E-state index is 0.0358. The number of hydrogen-bond donors (Lipinski definition) is 0. The maximum atomic E-state index is 14.3. The summed E-state index contributed by atoms with van der Waals surface area (Å²) < 4.78 is 16.6. The van der Waals surface area contributed by atoms with Gasteiger partial charge in [-0.3, -0.25) is 14.6 Å². The summed E-state index contributed by atoms with van der Waals surface area (Å²) in [5.41, 5.74) is 2.89. The van der Waals surface area contributed by atoms with Crippen LogP contribution in [0.1, 0.15) is 33.4 Å². The summed E-state index contributed by atoms with van der Waals surface area (Å²) in [5.74, 6) is 0.892. The molecular formula is C29H32N4O5. The molecule has 0 aliphatic carbocycles. The highest BCUT2D eigenvalue weighted by atomic mass is 16.5. The number of carbonyl (C=O) groups excluding carboxylic acids is 2. The van der Waals surface area contributed by atoms with Gasteiger partial charge in [-0.05, 0) is 41.5 Å². The van der Waals surface area contributed by atoms with E-state index < -0.39 is 12.0 Å². The first-order valence-electron chi connectivity index (χ1n) is 12.6. The fraction of sp³-hybridized carbons (Fsp3) is 0.345. The Bertz CT molecular complexity index is 1320. The summed E-state index contributed by atoms with van der Waals surface area (Å²) in [4.78, 5) is 37.9. The van der Waals surface area contributed by atoms with E-state index in [2.05, 4.69) is 9.88 Å². The molecular weight excluding hydrogens is 484 g/mol. The number of amides is 2. The number of anilines is 1. The first-order valence-corrected chi connectivity index (χ1v) is 12.6. The number of aromatic nitrogens is 1. The molecule has 0 N–H and O–H groups in total. The summed E-state index contributed by atoms with van der Waals surface area (Å²) >= 11 is 0. The number of hydrogen-bond acceptors (Lipinski definition) is 7. The van der Waals surface area contributed by atoms with Gasteiger partial charge in [0.1, 0.15) is 5.75 Å². The zero-order valence-electron chi connectivity index (χ0n) is 22.1. The van der Waals surface area contributed by atoms with Crippen molar-refractivity contribution in [3.63, 3.8) is 0 Å². The molecule has 1 aromatic heterocycles. The van der Waals surface area contributed by atoms with Crippen LogP contribution < -0.4 is 19.1 Å². The highest BCUT2D eigenvalue weighted by Gasteiger charge is 2.45. The standard InChI is InChI=1S/C29H32N4O5/c1-31-27(19-8-7-11-30-18-19)26(20-16-24(37-3)25(38-4)17-21(20)28(31)34)29(35)33-14-12-32(13-15-33)22-9-5-6-10-23(22)36-2/h5-11,16-18,26-27H,12-15H2,1-4H3/t26-,27+/m1/s1. The topological polar surface area (TPSA) is 84.4 Å². The van der Waals surface area contributed by atoms with Gasteiger partial charge >= 0.3 is 0 Å². The number of rotatable bonds is 6. The van der Waals surface area contributed by atoms with Gasteiger partial charge in [0.05, 0.1) is 39.0 Å². The van der Waals surface area contributed by atoms with Crippen molar-refractivity contribution >= 4 is 17.5 Å². The molecule has 198 valence electrons. The van der Waals surface area contributed by atoms with E-state index in [1.807, 2.05) is 41.3 Å². The molecule has 2 aromatic carbocycles. The molecule has 5 rings (SSSR count). The predicted molar refractivity (Wildman–Crippen MR) is 143 cm³/mol. The maximum Gasteiger partial charge on any atom is 0.254 e. The summed E-state index contributed by atoms with van der Waals surface area (Å²) in [5, 5.41) is 0. The smallest absolute Gasteiger partial charge is 0.254 e. The Labute approximate surface area is 222 Å². The lowest BCUT2D eigenvalue weighted by molar-refractivity contribution is -0.134. The van der Waals surface area contributed by atoms with E-state index in [-0.39, 0.29) is 11.8 Å². The first kappa shape index (κ1) is 25.4. The zero-order chi connectivity index (χ0) is 26.8. The molecule has 1 fully saturated rings. The Morgan fingerprint density at radius 2 is 1.58 bits per heavy atom. The lowest BCUT2D eigenvalue weighted by Crippen LogP contribution is -2.53. The van der Waals surface area contributed by atoms with E-state index in [1.165, 1.54) is 7.11 Å². The number of benzene rings is 2. The maximum absolute atomic E-state index is 14.3. The van der Waals surface area contributed by atoms with Gasteiger partial charge in [-0.25, -0.2) is 0 Å². The van der Waals surface area contributed by atoms with Crippen LogP contribution in [0.25, 0.3) is 0 Å². The number of para-hydroxylation sites is 2. The summed E-state index contributed by atoms with van der Waals surface area (Å²) in [6, 6.07) is 14.6. The summed E-state index contributed by atoms with van der Waals surface area (Å²) in [6.45, 7) is 2.44. The summed E-state index contributed by atoms with van der Waals surface area (Å²) in [7, 11) is 6.48. The van der Waals surface area contributed by atoms with E-state index in [0.29, 0.717) is 48.8 Å². The van der Waals surface area contributed by atoms with Crippen molar-refractivity contribution in [1.29, 1.82) is 0 Å². The van der Waals surface area contributed by atoms with Crippen LogP contribution in [-0.4, -0.2) is 81.2 Å². The fourth-order valence-electron chi connectivity index (χ4n) is 5.54. The number of ether oxygens (including phenoxy) is 3. The molecule has 3 aromatic rings. The second-order valence-corrected chi connectivity index (χ2v) is 9.40. The number of methoxy groups -OCH3 is 3. The average molecular weight is 517 g/mol. The molecule has 9 heteroatoms. The largest absolute Gasteiger partial charge is 0.495 e. The van der Waals surface area contributed by atoms with Crippen LogP contribution in [0.15, 0.2) is 60.9 Å². The van der Waals surface area contributed by atoms with Crippen molar-refractivity contribution in [1.82, 2.24) is 14.8 Å². The van der Waals surface area contributed by atoms with E-state index in [0.717, 1.165) is 17.0 Å². The average Bonchev–Trinajstić information content (AvgIpc) is 2.98. The molecule has 1 saturated heterocycles. The minimum Gasteiger partial charge on any atom is -0.495 e. The van der Waals surface area contributed by atoms with Crippen LogP contribution in [0.4, 0.5) is 5.69 Å². The van der Waals surface area contributed by atoms with E-state index in [4.69, 9.17) is 14.2 Å². The third kappa shape index (κ3) is 4.38. The van der Waals surface area contributed by atoms with Crippen LogP contribution in [0.2, 0.25) is 0 Å². The molecule has 38 heavy (non-hydrogen) atoms. The highest BCUT2D eigenvalue weighted by Crippen LogP contribution is 2.46. The van der Waals surface area contributed by atoms with Gasteiger partial charge in [-0.2, -0.15) is 0 Å². The molecule has 2 aliphatic rings. The Balaban J connectivity index is 1.51. The molecule has 0 spiro atoms. The Kier molecular flexibility index (Phi) is 7.09. The van der Waals surface area contributed by atoms with Gasteiger partial charge < -0.3 is 28.9 Å². The monoisotopic (exact) mass is 516 g/mol. The number of fused-ring (bicyclic) bond motifs is 1. The Morgan fingerprint density at radius 3 is 2.24 bits per heavy atom. The molecule has 2 atom stereocenters. The predicted octanol–water partition coefficient (Wildman–Crippen LogP) is 3.37. The van der Waals surface area contributed by atoms with Crippen LogP contribution in [0.5, 0.6) is 17.2 Å². The second-order valence-electron chi connectivity index (χ2n) is 9.40. The highest BCUT2D eigenvalue weighted by molar-refractivity contribution is 6.02. The molecule has 0 bridgehead atoms. The van der Waals surface area contributed by atoms with E-state index in [1.54, 1.807) is 50.7 Å². The van der Waals surface area contributed by atoms with Gasteiger partial charge in [0.2, 0.25) is 5.91 Å². The lowest BCUT2D eigenvalue weighted by atomic mass is 9.79. The molecule has 0 unspecified atom stereocenters. The normalized spacial score (nSPS) is 19.2. The van der Waals surface area contributed by atoms with Crippen molar-refractivity contribution in [3.8, 4) is 17.2 Å². The van der Waals surface area contributed by atoms with Crippen LogP contribution >= 0.6 is 0 Å². The van der Waals surface area contributed by atoms with Crippen molar-refractivity contribution < 1.29 is 23.8 Å². The SMILES string of the molecule is COc1cc2c(cc1OC)[C@@H](C(=O)N1CCN(c3ccccc3OC)CC1)[C@H](c1cccnc1)N(C)C2=O. The summed E-state index contributed by atoms with van der Waals surface area (Å²) in [6.07, 6.45) is 3.41. The van der Waals surface area contributed by atoms with Crippen molar-refractivity contribution in [2.75, 3.05) is 59.5 Å². The van der Waals surface area contributed by atoms with Gasteiger partial charge in [-0.15, -0.1) is 0 Å². The molecule has 3 heterocycles. The number of carbonyl (C=O) groups is 2. The third-order valence-corrected chi connectivity index (χ3v) is 7.48. The van der Waals surface area contributed by atoms with Crippen LogP contribution in [0, 0.1) is 0 Å². The number of piperazine rings is 1. The molecule has 2 amide bonds. The Morgan fingerprint density at radius 1 is 0.895 bits per heavy atom. The van der Waals surface area contributed by atoms with Crippen molar-refractivity contribution in [3.05, 3.63) is 77.6 Å². The van der Waals surface area contributed by atoms with Crippen molar-refractivity contribution in [2.24, 2.45) is 0 Å². The third-order valence-electron chi connectivity index (χ3n) is 7.48. The quantitative estimate of drug-likeness (QED) is 0.497. The lowest BCUT2D eigenvalue weighted by Gasteiger charge is -2.43. The molecule has 2 aliphatic heterocycles. The van der Waals surface area contributed by atoms with Crippen LogP contribution in [0.3, 0.4) is 0 Å². The van der Waals surface area contributed by atoms with E-state index in [9.17, 15) is 9.59 Å². The van der Waals surface area contributed by atoms with Gasteiger partial charge in [0.15, 0.2) is 11.5 Å². The van der Waals surface area contributed by atoms with Crippen LogP contribution in [-0.2, 0) is 4.79 Å². The molecule has 0 saturated carbocycles. The van der Waals surface area contributed by atoms with Gasteiger partial charge in [0, 0.05) is 51.2 Å². The molecule has 0 radical (unpaired) electrons. The fourth-order valence-corrected chi connectivity index (χ4v) is 5.54. The first-order chi connectivity index (χ1) is 18.5. The molecule has 9 nitrogen and oxygen atoms in total. The number of likely N-dealkylation sites (N-methyl/N-ethyl adjacent to an activating group) is 1. The van der Waals surface area contributed by atoms with Gasteiger partial charge in [-0.1, -0.05) is 18.2 Å². The van der Waals surface area contributed by atoms with E-state index >= 15 is 0 Å². The van der Waals surface area contributed by atoms with Gasteiger partial charge in [0.25, 0.3) is 5.91 Å². The minimum atomic E-state index is -0.630.